The number of carbonyl (C=O) groups is 2. The zero-order valence-electron chi connectivity index (χ0n) is 15.4. The highest BCUT2D eigenvalue weighted by atomic mass is 16.6. The summed E-state index contributed by atoms with van der Waals surface area (Å²) in [6, 6.07) is 14.7. The first-order valence-corrected chi connectivity index (χ1v) is 9.07. The highest BCUT2D eigenvalue weighted by molar-refractivity contribution is 5.94. The van der Waals surface area contributed by atoms with E-state index in [4.69, 9.17) is 5.73 Å². The summed E-state index contributed by atoms with van der Waals surface area (Å²) in [7, 11) is 0. The number of nitrogens with two attached hydrogens (primary N) is 1. The standard InChI is InChI=1S/C20H22N4O4/c21-18(15-4-2-1-3-5-15)14-19(25)22-10-12-23(13-11-22)20(26)16-6-8-17(9-7-16)24(27)28/h1-9,18H,10-14,21H2. The van der Waals surface area contributed by atoms with Crippen LogP contribution in [-0.2, 0) is 4.79 Å². The molecular weight excluding hydrogens is 360 g/mol. The molecule has 1 aliphatic heterocycles. The third-order valence-electron chi connectivity index (χ3n) is 4.87. The van der Waals surface area contributed by atoms with Crippen LogP contribution in [0.4, 0.5) is 5.69 Å². The first-order valence-electron chi connectivity index (χ1n) is 9.07. The Hall–Kier alpha value is -3.26. The van der Waals surface area contributed by atoms with E-state index in [1.165, 1.54) is 24.3 Å². The van der Waals surface area contributed by atoms with Gasteiger partial charge in [0.15, 0.2) is 0 Å². The van der Waals surface area contributed by atoms with Crippen LogP contribution < -0.4 is 5.73 Å². The van der Waals surface area contributed by atoms with Crippen molar-refractivity contribution in [1.29, 1.82) is 0 Å². The zero-order chi connectivity index (χ0) is 20.1. The van der Waals surface area contributed by atoms with Gasteiger partial charge in [-0.3, -0.25) is 19.7 Å². The van der Waals surface area contributed by atoms with Crippen LogP contribution in [0, 0.1) is 10.1 Å². The summed E-state index contributed by atoms with van der Waals surface area (Å²) in [5, 5.41) is 10.7. The molecule has 0 spiro atoms. The lowest BCUT2D eigenvalue weighted by atomic mass is 10.0. The van der Waals surface area contributed by atoms with Gasteiger partial charge < -0.3 is 15.5 Å². The van der Waals surface area contributed by atoms with Crippen molar-refractivity contribution in [3.63, 3.8) is 0 Å². The summed E-state index contributed by atoms with van der Waals surface area (Å²) < 4.78 is 0. The summed E-state index contributed by atoms with van der Waals surface area (Å²) in [4.78, 5) is 38.7. The van der Waals surface area contributed by atoms with Gasteiger partial charge in [0, 0.05) is 56.3 Å². The molecule has 1 aliphatic rings. The Morgan fingerprint density at radius 1 is 0.964 bits per heavy atom. The molecule has 1 unspecified atom stereocenters. The lowest BCUT2D eigenvalue weighted by molar-refractivity contribution is -0.384. The molecule has 2 N–H and O–H groups in total. The maximum Gasteiger partial charge on any atom is 0.269 e. The van der Waals surface area contributed by atoms with Crippen molar-refractivity contribution in [3.05, 3.63) is 75.8 Å². The minimum Gasteiger partial charge on any atom is -0.339 e. The third kappa shape index (κ3) is 4.52. The number of nitro benzene ring substituents is 1. The Bertz CT molecular complexity index is 846. The summed E-state index contributed by atoms with van der Waals surface area (Å²) in [6.07, 6.45) is 0.223. The number of rotatable bonds is 5. The van der Waals surface area contributed by atoms with Crippen LogP contribution in [0.1, 0.15) is 28.4 Å². The van der Waals surface area contributed by atoms with Crippen LogP contribution in [0.2, 0.25) is 0 Å². The van der Waals surface area contributed by atoms with E-state index in [2.05, 4.69) is 0 Å². The van der Waals surface area contributed by atoms with Gasteiger partial charge in [-0.25, -0.2) is 0 Å². The molecule has 0 radical (unpaired) electrons. The normalized spacial score (nSPS) is 15.2. The van der Waals surface area contributed by atoms with Crippen LogP contribution in [0.25, 0.3) is 0 Å². The second kappa shape index (κ2) is 8.62. The summed E-state index contributed by atoms with van der Waals surface area (Å²) in [5.41, 5.74) is 7.39. The van der Waals surface area contributed by atoms with E-state index >= 15 is 0 Å². The van der Waals surface area contributed by atoms with Crippen LogP contribution >= 0.6 is 0 Å². The zero-order valence-corrected chi connectivity index (χ0v) is 15.4. The number of hydrogen-bond acceptors (Lipinski definition) is 5. The lowest BCUT2D eigenvalue weighted by Gasteiger charge is -2.35. The van der Waals surface area contributed by atoms with Crippen molar-refractivity contribution in [3.8, 4) is 0 Å². The van der Waals surface area contributed by atoms with E-state index in [9.17, 15) is 19.7 Å². The fraction of sp³-hybridized carbons (Fsp3) is 0.300. The monoisotopic (exact) mass is 382 g/mol. The molecule has 8 heteroatoms. The van der Waals surface area contributed by atoms with Crippen LogP contribution in [0.3, 0.4) is 0 Å². The molecule has 3 rings (SSSR count). The average Bonchev–Trinajstić information content (AvgIpc) is 2.74. The van der Waals surface area contributed by atoms with Crippen molar-refractivity contribution in [2.24, 2.45) is 5.73 Å². The second-order valence-electron chi connectivity index (χ2n) is 6.70. The molecule has 2 amide bonds. The topological polar surface area (TPSA) is 110 Å². The third-order valence-corrected chi connectivity index (χ3v) is 4.87. The smallest absolute Gasteiger partial charge is 0.269 e. The van der Waals surface area contributed by atoms with Gasteiger partial charge in [-0.2, -0.15) is 0 Å². The number of carbonyl (C=O) groups excluding carboxylic acids is 2. The van der Waals surface area contributed by atoms with Crippen molar-refractivity contribution in [1.82, 2.24) is 9.80 Å². The van der Waals surface area contributed by atoms with Crippen LogP contribution in [0.5, 0.6) is 0 Å². The van der Waals surface area contributed by atoms with Gasteiger partial charge in [0.2, 0.25) is 5.91 Å². The average molecular weight is 382 g/mol. The minimum absolute atomic E-state index is 0.0289. The Morgan fingerprint density at radius 3 is 2.11 bits per heavy atom. The first kappa shape index (κ1) is 19.5. The number of non-ortho nitro benzene ring substituents is 1. The Balaban J connectivity index is 1.52. The molecule has 1 atom stereocenters. The van der Waals surface area contributed by atoms with Crippen LogP contribution in [0.15, 0.2) is 54.6 Å². The fourth-order valence-corrected chi connectivity index (χ4v) is 3.20. The molecule has 28 heavy (non-hydrogen) atoms. The van der Waals surface area contributed by atoms with Gasteiger partial charge in [0.25, 0.3) is 11.6 Å². The molecule has 1 fully saturated rings. The number of nitrogens with zero attached hydrogens (tertiary/aromatic N) is 3. The first-order chi connectivity index (χ1) is 13.5. The molecule has 0 aliphatic carbocycles. The molecule has 146 valence electrons. The van der Waals surface area contributed by atoms with Gasteiger partial charge in [-0.1, -0.05) is 30.3 Å². The number of hydrogen-bond donors (Lipinski definition) is 1. The van der Waals surface area contributed by atoms with Crippen molar-refractivity contribution in [2.45, 2.75) is 12.5 Å². The second-order valence-corrected chi connectivity index (χ2v) is 6.70. The van der Waals surface area contributed by atoms with Gasteiger partial charge >= 0.3 is 0 Å². The summed E-state index contributed by atoms with van der Waals surface area (Å²) in [5.74, 6) is -0.221. The molecule has 2 aromatic carbocycles. The lowest BCUT2D eigenvalue weighted by Crippen LogP contribution is -2.51. The Kier molecular flexibility index (Phi) is 6.00. The van der Waals surface area contributed by atoms with Gasteiger partial charge in [-0.05, 0) is 17.7 Å². The molecule has 8 nitrogen and oxygen atoms in total. The van der Waals surface area contributed by atoms with Crippen LogP contribution in [-0.4, -0.2) is 52.7 Å². The molecule has 1 heterocycles. The molecule has 0 aromatic heterocycles. The highest BCUT2D eigenvalue weighted by Crippen LogP contribution is 2.17. The van der Waals surface area contributed by atoms with E-state index in [0.29, 0.717) is 31.7 Å². The molecule has 0 bridgehead atoms. The summed E-state index contributed by atoms with van der Waals surface area (Å²) in [6.45, 7) is 1.72. The van der Waals surface area contributed by atoms with Crippen molar-refractivity contribution >= 4 is 17.5 Å². The van der Waals surface area contributed by atoms with Gasteiger partial charge in [0.1, 0.15) is 0 Å². The van der Waals surface area contributed by atoms with E-state index in [1.54, 1.807) is 9.80 Å². The quantitative estimate of drug-likeness (QED) is 0.628. The number of piperazine rings is 1. The van der Waals surface area contributed by atoms with Gasteiger partial charge in [0.05, 0.1) is 4.92 Å². The highest BCUT2D eigenvalue weighted by Gasteiger charge is 2.26. The predicted molar refractivity (Wildman–Crippen MR) is 104 cm³/mol. The van der Waals surface area contributed by atoms with Crippen molar-refractivity contribution < 1.29 is 14.5 Å². The fourth-order valence-electron chi connectivity index (χ4n) is 3.20. The number of nitro groups is 1. The number of amides is 2. The SMILES string of the molecule is NC(CC(=O)N1CCN(C(=O)c2ccc([N+](=O)[O-])cc2)CC1)c1ccccc1. The maximum absolute atomic E-state index is 12.6. The van der Waals surface area contributed by atoms with Gasteiger partial charge in [-0.15, -0.1) is 0 Å². The van der Waals surface area contributed by atoms with Crippen molar-refractivity contribution in [2.75, 3.05) is 26.2 Å². The molecular formula is C20H22N4O4. The molecule has 2 aromatic rings. The van der Waals surface area contributed by atoms with E-state index in [-0.39, 0.29) is 30.0 Å². The van der Waals surface area contributed by atoms with E-state index < -0.39 is 4.92 Å². The number of benzene rings is 2. The Labute approximate surface area is 162 Å². The predicted octanol–water partition coefficient (Wildman–Crippen LogP) is 1.97. The largest absolute Gasteiger partial charge is 0.339 e. The Morgan fingerprint density at radius 2 is 1.54 bits per heavy atom. The van der Waals surface area contributed by atoms with E-state index in [1.807, 2.05) is 30.3 Å². The maximum atomic E-state index is 12.6. The minimum atomic E-state index is -0.501. The summed E-state index contributed by atoms with van der Waals surface area (Å²) >= 11 is 0. The molecule has 1 saturated heterocycles. The van der Waals surface area contributed by atoms with E-state index in [0.717, 1.165) is 5.56 Å². The molecule has 0 saturated carbocycles.